The van der Waals surface area contributed by atoms with Crippen LogP contribution in [0.4, 0.5) is 24.0 Å². The first kappa shape index (κ1) is 24.9. The number of rotatable bonds is 6. The van der Waals surface area contributed by atoms with E-state index in [0.29, 0.717) is 26.7 Å². The number of halogens is 3. The molecule has 2 heterocycles. The van der Waals surface area contributed by atoms with Crippen molar-refractivity contribution in [3.8, 4) is 11.3 Å². The number of anilines is 2. The van der Waals surface area contributed by atoms with Gasteiger partial charge < -0.3 is 10.6 Å². The summed E-state index contributed by atoms with van der Waals surface area (Å²) in [6.45, 7) is 3.38. The van der Waals surface area contributed by atoms with E-state index in [0.717, 1.165) is 18.9 Å². The number of pyridine rings is 1. The van der Waals surface area contributed by atoms with E-state index in [1.165, 1.54) is 23.5 Å². The van der Waals surface area contributed by atoms with Crippen LogP contribution in [0.3, 0.4) is 0 Å². The van der Waals surface area contributed by atoms with E-state index in [9.17, 15) is 22.8 Å². The van der Waals surface area contributed by atoms with Gasteiger partial charge in [0.2, 0.25) is 5.91 Å². The summed E-state index contributed by atoms with van der Waals surface area (Å²) in [5, 5.41) is 5.89. The first-order valence-electron chi connectivity index (χ1n) is 11.8. The Hall–Kier alpha value is -3.79. The van der Waals surface area contributed by atoms with Gasteiger partial charge in [0, 0.05) is 22.7 Å². The Morgan fingerprint density at radius 1 is 1.00 bits per heavy atom. The van der Waals surface area contributed by atoms with Gasteiger partial charge in [-0.3, -0.25) is 9.59 Å². The van der Waals surface area contributed by atoms with Crippen LogP contribution < -0.4 is 10.6 Å². The molecule has 1 aliphatic rings. The minimum Gasteiger partial charge on any atom is -0.322 e. The van der Waals surface area contributed by atoms with E-state index < -0.39 is 17.6 Å². The van der Waals surface area contributed by atoms with E-state index in [1.807, 2.05) is 0 Å². The number of hydrogen-bond acceptors (Lipinski definition) is 5. The monoisotopic (exact) mass is 524 g/mol. The van der Waals surface area contributed by atoms with Gasteiger partial charge in [0.15, 0.2) is 5.13 Å². The Kier molecular flexibility index (Phi) is 6.45. The summed E-state index contributed by atoms with van der Waals surface area (Å²) in [4.78, 5) is 34.6. The van der Waals surface area contributed by atoms with Crippen LogP contribution >= 0.6 is 11.3 Å². The molecule has 190 valence electrons. The standard InChI is InChI=1S/C27H23F3N4O2S/c1-14(2)19-9-8-18(13-20(19)27(28,29)30)31-24(36)17-5-3-4-16(12-17)21-10-11-22-25(32-21)37-26(33-22)34-23(35)15-6-7-15/h3-5,8-15H,6-7H2,1-2H3,(H,31,36)(H,33,34,35). The van der Waals surface area contributed by atoms with Crippen LogP contribution in [-0.4, -0.2) is 21.8 Å². The quantitative estimate of drug-likeness (QED) is 0.282. The molecule has 1 saturated carbocycles. The summed E-state index contributed by atoms with van der Waals surface area (Å²) >= 11 is 1.27. The highest BCUT2D eigenvalue weighted by molar-refractivity contribution is 7.22. The third-order valence-electron chi connectivity index (χ3n) is 6.09. The normalized spacial score (nSPS) is 13.7. The zero-order valence-electron chi connectivity index (χ0n) is 20.0. The number of amides is 2. The second-order valence-electron chi connectivity index (χ2n) is 9.29. The summed E-state index contributed by atoms with van der Waals surface area (Å²) in [5.74, 6) is -0.806. The van der Waals surface area contributed by atoms with Crippen molar-refractivity contribution < 1.29 is 22.8 Å². The number of hydrogen-bond donors (Lipinski definition) is 2. The Morgan fingerprint density at radius 3 is 2.49 bits per heavy atom. The molecule has 2 N–H and O–H groups in total. The van der Waals surface area contributed by atoms with Gasteiger partial charge in [-0.25, -0.2) is 9.97 Å². The summed E-state index contributed by atoms with van der Waals surface area (Å²) in [6.07, 6.45) is -2.73. The van der Waals surface area contributed by atoms with Crippen LogP contribution in [0.5, 0.6) is 0 Å². The molecule has 6 nitrogen and oxygen atoms in total. The molecule has 2 amide bonds. The van der Waals surface area contributed by atoms with Crippen LogP contribution in [0.15, 0.2) is 54.6 Å². The van der Waals surface area contributed by atoms with Gasteiger partial charge in [-0.1, -0.05) is 43.4 Å². The largest absolute Gasteiger partial charge is 0.416 e. The van der Waals surface area contributed by atoms with E-state index >= 15 is 0 Å². The molecule has 0 bridgehead atoms. The molecular weight excluding hydrogens is 501 g/mol. The summed E-state index contributed by atoms with van der Waals surface area (Å²) in [6, 6.07) is 14.1. The number of carbonyl (C=O) groups is 2. The fourth-order valence-electron chi connectivity index (χ4n) is 3.99. The second kappa shape index (κ2) is 9.59. The Balaban J connectivity index is 1.37. The smallest absolute Gasteiger partial charge is 0.322 e. The zero-order valence-corrected chi connectivity index (χ0v) is 20.8. The minimum atomic E-state index is -4.53. The summed E-state index contributed by atoms with van der Waals surface area (Å²) < 4.78 is 40.7. The maximum Gasteiger partial charge on any atom is 0.416 e. The van der Waals surface area contributed by atoms with Gasteiger partial charge in [-0.05, 0) is 60.7 Å². The van der Waals surface area contributed by atoms with Crippen molar-refractivity contribution in [2.75, 3.05) is 10.6 Å². The van der Waals surface area contributed by atoms with Crippen LogP contribution in [0, 0.1) is 5.92 Å². The minimum absolute atomic E-state index is 0.0285. The van der Waals surface area contributed by atoms with Gasteiger partial charge in [0.1, 0.15) is 10.3 Å². The van der Waals surface area contributed by atoms with Crippen LogP contribution in [-0.2, 0) is 11.0 Å². The van der Waals surface area contributed by atoms with E-state index in [2.05, 4.69) is 20.6 Å². The van der Waals surface area contributed by atoms with Crippen LogP contribution in [0.2, 0.25) is 0 Å². The Labute approximate surface area is 215 Å². The number of carbonyl (C=O) groups excluding carboxylic acids is 2. The van der Waals surface area contributed by atoms with Gasteiger partial charge in [0.25, 0.3) is 5.91 Å². The molecule has 37 heavy (non-hydrogen) atoms. The van der Waals surface area contributed by atoms with Crippen LogP contribution in [0.1, 0.15) is 54.1 Å². The number of nitrogens with one attached hydrogen (secondary N) is 2. The highest BCUT2D eigenvalue weighted by Crippen LogP contribution is 2.37. The molecule has 0 spiro atoms. The molecule has 0 saturated heterocycles. The first-order valence-corrected chi connectivity index (χ1v) is 12.6. The molecule has 2 aromatic carbocycles. The molecule has 4 aromatic rings. The lowest BCUT2D eigenvalue weighted by Gasteiger charge is -2.17. The number of benzene rings is 2. The first-order chi connectivity index (χ1) is 17.6. The molecule has 0 aliphatic heterocycles. The predicted octanol–water partition coefficient (Wildman–Crippen LogP) is 7.10. The maximum atomic E-state index is 13.6. The molecule has 1 fully saturated rings. The van der Waals surface area contributed by atoms with Gasteiger partial charge in [0.05, 0.1) is 11.3 Å². The zero-order chi connectivity index (χ0) is 26.3. The fraction of sp³-hybridized carbons (Fsp3) is 0.259. The Bertz CT molecular complexity index is 1510. The molecule has 10 heteroatoms. The number of thiazole rings is 1. The molecule has 2 aromatic heterocycles. The van der Waals surface area contributed by atoms with E-state index in [1.54, 1.807) is 50.2 Å². The van der Waals surface area contributed by atoms with Crippen molar-refractivity contribution in [2.45, 2.75) is 38.8 Å². The molecule has 0 radical (unpaired) electrons. The maximum absolute atomic E-state index is 13.6. The molecule has 1 aliphatic carbocycles. The lowest BCUT2D eigenvalue weighted by molar-refractivity contribution is -0.138. The third-order valence-corrected chi connectivity index (χ3v) is 6.97. The van der Waals surface area contributed by atoms with Crippen molar-refractivity contribution >= 4 is 44.3 Å². The fourth-order valence-corrected chi connectivity index (χ4v) is 4.83. The molecule has 0 atom stereocenters. The van der Waals surface area contributed by atoms with Crippen molar-refractivity contribution in [1.82, 2.24) is 9.97 Å². The van der Waals surface area contributed by atoms with Crippen molar-refractivity contribution in [3.05, 3.63) is 71.3 Å². The van der Waals surface area contributed by atoms with Gasteiger partial charge in [-0.15, -0.1) is 0 Å². The number of alkyl halides is 3. The third kappa shape index (κ3) is 5.48. The van der Waals surface area contributed by atoms with E-state index in [-0.39, 0.29) is 34.6 Å². The topological polar surface area (TPSA) is 84.0 Å². The Morgan fingerprint density at radius 2 is 1.78 bits per heavy atom. The second-order valence-corrected chi connectivity index (χ2v) is 10.3. The molecule has 0 unspecified atom stereocenters. The molecular formula is C27H23F3N4O2S. The SMILES string of the molecule is CC(C)c1ccc(NC(=O)c2cccc(-c3ccc4nc(NC(=O)C5CC5)sc4n3)c2)cc1C(F)(F)F. The van der Waals surface area contributed by atoms with E-state index in [4.69, 9.17) is 0 Å². The van der Waals surface area contributed by atoms with Crippen molar-refractivity contribution in [2.24, 2.45) is 5.92 Å². The van der Waals surface area contributed by atoms with Gasteiger partial charge >= 0.3 is 6.18 Å². The highest BCUT2D eigenvalue weighted by Gasteiger charge is 2.34. The van der Waals surface area contributed by atoms with Crippen molar-refractivity contribution in [3.63, 3.8) is 0 Å². The average molecular weight is 525 g/mol. The summed E-state index contributed by atoms with van der Waals surface area (Å²) in [7, 11) is 0. The van der Waals surface area contributed by atoms with Crippen LogP contribution in [0.25, 0.3) is 21.6 Å². The number of fused-ring (bicyclic) bond motifs is 1. The summed E-state index contributed by atoms with van der Waals surface area (Å²) in [5.41, 5.74) is 1.68. The lowest BCUT2D eigenvalue weighted by atomic mass is 9.96. The van der Waals surface area contributed by atoms with Gasteiger partial charge in [-0.2, -0.15) is 13.2 Å². The average Bonchev–Trinajstić information content (AvgIpc) is 3.63. The number of aromatic nitrogens is 2. The lowest BCUT2D eigenvalue weighted by Crippen LogP contribution is -2.15. The highest BCUT2D eigenvalue weighted by atomic mass is 32.1. The predicted molar refractivity (Wildman–Crippen MR) is 138 cm³/mol. The van der Waals surface area contributed by atoms with Crippen molar-refractivity contribution in [1.29, 1.82) is 0 Å². The molecule has 5 rings (SSSR count). The number of nitrogens with zero attached hydrogens (tertiary/aromatic N) is 2.